The van der Waals surface area contributed by atoms with Crippen molar-refractivity contribution in [2.75, 3.05) is 24.4 Å². The first-order valence-corrected chi connectivity index (χ1v) is 4.79. The molecule has 15 heavy (non-hydrogen) atoms. The van der Waals surface area contributed by atoms with E-state index in [1.165, 1.54) is 24.2 Å². The standard InChI is InChI=1S/C9H10ClF3N2/c1-15(6-4-10)8-7(9(11,12)13)3-2-5-14-8/h2-3,5H,4,6H2,1H3. The Balaban J connectivity index is 3.06. The largest absolute Gasteiger partial charge is 0.419 e. The van der Waals surface area contributed by atoms with Gasteiger partial charge in [0.25, 0.3) is 0 Å². The predicted octanol–water partition coefficient (Wildman–Crippen LogP) is 2.78. The van der Waals surface area contributed by atoms with E-state index in [0.29, 0.717) is 6.54 Å². The van der Waals surface area contributed by atoms with Crippen molar-refractivity contribution in [3.63, 3.8) is 0 Å². The Labute approximate surface area is 90.7 Å². The summed E-state index contributed by atoms with van der Waals surface area (Å²) in [6.45, 7) is 0.321. The van der Waals surface area contributed by atoms with Crippen LogP contribution in [0.25, 0.3) is 0 Å². The third kappa shape index (κ3) is 2.99. The number of halogens is 4. The first kappa shape index (κ1) is 12.1. The smallest absolute Gasteiger partial charge is 0.358 e. The van der Waals surface area contributed by atoms with Gasteiger partial charge in [-0.2, -0.15) is 13.2 Å². The summed E-state index contributed by atoms with van der Waals surface area (Å²) in [7, 11) is 1.53. The van der Waals surface area contributed by atoms with Crippen LogP contribution in [0.5, 0.6) is 0 Å². The zero-order valence-electron chi connectivity index (χ0n) is 8.05. The first-order chi connectivity index (χ1) is 6.96. The van der Waals surface area contributed by atoms with Crippen molar-refractivity contribution in [3.8, 4) is 0 Å². The van der Waals surface area contributed by atoms with E-state index >= 15 is 0 Å². The summed E-state index contributed by atoms with van der Waals surface area (Å²) < 4.78 is 37.6. The third-order valence-electron chi connectivity index (χ3n) is 1.87. The van der Waals surface area contributed by atoms with Crippen LogP contribution in [0, 0.1) is 0 Å². The van der Waals surface area contributed by atoms with E-state index in [-0.39, 0.29) is 11.7 Å². The highest BCUT2D eigenvalue weighted by molar-refractivity contribution is 6.18. The van der Waals surface area contributed by atoms with E-state index in [2.05, 4.69) is 4.98 Å². The Morgan fingerprint density at radius 1 is 1.47 bits per heavy atom. The van der Waals surface area contributed by atoms with Crippen molar-refractivity contribution in [3.05, 3.63) is 23.9 Å². The monoisotopic (exact) mass is 238 g/mol. The molecule has 84 valence electrons. The van der Waals surface area contributed by atoms with E-state index in [4.69, 9.17) is 11.6 Å². The molecule has 0 unspecified atom stereocenters. The molecule has 1 heterocycles. The SMILES string of the molecule is CN(CCCl)c1ncccc1C(F)(F)F. The quantitative estimate of drug-likeness (QED) is 0.753. The summed E-state index contributed by atoms with van der Waals surface area (Å²) in [5.74, 6) is 0.162. The van der Waals surface area contributed by atoms with Crippen molar-refractivity contribution in [1.82, 2.24) is 4.98 Å². The van der Waals surface area contributed by atoms with Gasteiger partial charge in [-0.1, -0.05) is 0 Å². The number of aromatic nitrogens is 1. The van der Waals surface area contributed by atoms with Crippen molar-refractivity contribution in [2.45, 2.75) is 6.18 Å². The maximum atomic E-state index is 12.5. The molecule has 0 amide bonds. The second kappa shape index (κ2) is 4.70. The summed E-state index contributed by atoms with van der Waals surface area (Å²) in [4.78, 5) is 5.10. The minimum atomic E-state index is -4.38. The number of hydrogen-bond acceptors (Lipinski definition) is 2. The molecule has 1 aromatic rings. The van der Waals surface area contributed by atoms with Crippen LogP contribution in [0.4, 0.5) is 19.0 Å². The molecule has 0 N–H and O–H groups in total. The lowest BCUT2D eigenvalue weighted by Crippen LogP contribution is -2.24. The molecular formula is C9H10ClF3N2. The maximum absolute atomic E-state index is 12.5. The van der Waals surface area contributed by atoms with Gasteiger partial charge in [0.2, 0.25) is 0 Å². The van der Waals surface area contributed by atoms with Crippen LogP contribution in [-0.4, -0.2) is 24.5 Å². The van der Waals surface area contributed by atoms with Gasteiger partial charge in [-0.15, -0.1) is 11.6 Å². The van der Waals surface area contributed by atoms with Crippen LogP contribution in [0.3, 0.4) is 0 Å². The van der Waals surface area contributed by atoms with Crippen LogP contribution < -0.4 is 4.90 Å². The fourth-order valence-electron chi connectivity index (χ4n) is 1.16. The van der Waals surface area contributed by atoms with E-state index in [0.717, 1.165) is 6.07 Å². The van der Waals surface area contributed by atoms with Crippen LogP contribution in [0.15, 0.2) is 18.3 Å². The number of hydrogen-bond donors (Lipinski definition) is 0. The van der Waals surface area contributed by atoms with E-state index in [9.17, 15) is 13.2 Å². The average Bonchev–Trinajstić information content (AvgIpc) is 2.17. The maximum Gasteiger partial charge on any atom is 0.419 e. The van der Waals surface area contributed by atoms with E-state index in [1.54, 1.807) is 0 Å². The van der Waals surface area contributed by atoms with Gasteiger partial charge in [0.1, 0.15) is 5.82 Å². The highest BCUT2D eigenvalue weighted by Gasteiger charge is 2.34. The fraction of sp³-hybridized carbons (Fsp3) is 0.444. The second-order valence-corrected chi connectivity index (χ2v) is 3.36. The third-order valence-corrected chi connectivity index (χ3v) is 2.04. The molecule has 0 radical (unpaired) electrons. The molecule has 0 spiro atoms. The summed E-state index contributed by atoms with van der Waals surface area (Å²) >= 11 is 5.46. The minimum Gasteiger partial charge on any atom is -0.358 e. The molecule has 6 heteroatoms. The molecular weight excluding hydrogens is 229 g/mol. The molecule has 0 bridgehead atoms. The van der Waals surface area contributed by atoms with Gasteiger partial charge in [0, 0.05) is 25.7 Å². The molecule has 0 aliphatic rings. The van der Waals surface area contributed by atoms with E-state index in [1.807, 2.05) is 0 Å². The summed E-state index contributed by atoms with van der Waals surface area (Å²) in [5, 5.41) is 0. The molecule has 1 rings (SSSR count). The summed E-state index contributed by atoms with van der Waals surface area (Å²) in [5.41, 5.74) is -0.738. The molecule has 0 aliphatic heterocycles. The fourth-order valence-corrected chi connectivity index (χ4v) is 1.41. The molecule has 0 aliphatic carbocycles. The van der Waals surface area contributed by atoms with Crippen molar-refractivity contribution < 1.29 is 13.2 Å². The number of alkyl halides is 4. The lowest BCUT2D eigenvalue weighted by atomic mass is 10.2. The zero-order chi connectivity index (χ0) is 11.5. The van der Waals surface area contributed by atoms with Crippen LogP contribution >= 0.6 is 11.6 Å². The highest BCUT2D eigenvalue weighted by Crippen LogP contribution is 2.34. The lowest BCUT2D eigenvalue weighted by Gasteiger charge is -2.20. The second-order valence-electron chi connectivity index (χ2n) is 2.98. The summed E-state index contributed by atoms with van der Waals surface area (Å²) in [6, 6.07) is 2.27. The molecule has 2 nitrogen and oxygen atoms in total. The van der Waals surface area contributed by atoms with Gasteiger partial charge in [0.05, 0.1) is 5.56 Å². The van der Waals surface area contributed by atoms with Crippen molar-refractivity contribution in [1.29, 1.82) is 0 Å². The Morgan fingerprint density at radius 2 is 2.13 bits per heavy atom. The predicted molar refractivity (Wildman–Crippen MR) is 53.2 cm³/mol. The number of pyridine rings is 1. The first-order valence-electron chi connectivity index (χ1n) is 4.26. The molecule has 0 saturated heterocycles. The molecule has 0 saturated carbocycles. The van der Waals surface area contributed by atoms with Gasteiger partial charge in [-0.3, -0.25) is 0 Å². The molecule has 0 fully saturated rings. The number of anilines is 1. The average molecular weight is 239 g/mol. The van der Waals surface area contributed by atoms with Gasteiger partial charge in [-0.05, 0) is 12.1 Å². The van der Waals surface area contributed by atoms with Gasteiger partial charge < -0.3 is 4.90 Å². The molecule has 0 atom stereocenters. The van der Waals surface area contributed by atoms with Gasteiger partial charge in [0.15, 0.2) is 0 Å². The number of nitrogens with zero attached hydrogens (tertiary/aromatic N) is 2. The topological polar surface area (TPSA) is 16.1 Å². The number of rotatable bonds is 3. The Bertz CT molecular complexity index is 327. The van der Waals surface area contributed by atoms with E-state index < -0.39 is 11.7 Å². The van der Waals surface area contributed by atoms with Gasteiger partial charge in [-0.25, -0.2) is 4.98 Å². The molecule has 1 aromatic heterocycles. The Hall–Kier alpha value is -0.970. The Kier molecular flexibility index (Phi) is 3.79. The normalized spacial score (nSPS) is 11.5. The zero-order valence-corrected chi connectivity index (χ0v) is 8.81. The minimum absolute atomic E-state index is 0.0920. The van der Waals surface area contributed by atoms with Crippen molar-refractivity contribution >= 4 is 17.4 Å². The lowest BCUT2D eigenvalue weighted by molar-refractivity contribution is -0.137. The van der Waals surface area contributed by atoms with Crippen molar-refractivity contribution in [2.24, 2.45) is 0 Å². The van der Waals surface area contributed by atoms with Gasteiger partial charge >= 0.3 is 6.18 Å². The van der Waals surface area contributed by atoms with Crippen LogP contribution in [0.2, 0.25) is 0 Å². The van der Waals surface area contributed by atoms with Crippen LogP contribution in [0.1, 0.15) is 5.56 Å². The molecule has 0 aromatic carbocycles. The van der Waals surface area contributed by atoms with Crippen LogP contribution in [-0.2, 0) is 6.18 Å². The Morgan fingerprint density at radius 3 is 2.67 bits per heavy atom. The summed E-state index contributed by atoms with van der Waals surface area (Å²) in [6.07, 6.45) is -3.06. The highest BCUT2D eigenvalue weighted by atomic mass is 35.5.